The van der Waals surface area contributed by atoms with Gasteiger partial charge >= 0.3 is 0 Å². The smallest absolute Gasteiger partial charge is 0.119 e. The van der Waals surface area contributed by atoms with Gasteiger partial charge in [-0.1, -0.05) is 24.7 Å². The third-order valence-corrected chi connectivity index (χ3v) is 2.99. The van der Waals surface area contributed by atoms with Crippen molar-refractivity contribution < 1.29 is 4.74 Å². The van der Waals surface area contributed by atoms with Crippen molar-refractivity contribution in [2.75, 3.05) is 12.5 Å². The van der Waals surface area contributed by atoms with Crippen LogP contribution in [0, 0.1) is 17.8 Å². The molecule has 1 saturated carbocycles. The number of hydrogen-bond donors (Lipinski definition) is 0. The van der Waals surface area contributed by atoms with E-state index < -0.39 is 0 Å². The Balaban J connectivity index is 1.78. The summed E-state index contributed by atoms with van der Waals surface area (Å²) < 4.78 is 5.67. The van der Waals surface area contributed by atoms with Gasteiger partial charge in [0.1, 0.15) is 5.75 Å². The molecule has 1 aromatic rings. The van der Waals surface area contributed by atoms with E-state index in [1.807, 2.05) is 24.3 Å². The lowest BCUT2D eigenvalue weighted by Gasteiger charge is -2.04. The second-order valence-electron chi connectivity index (χ2n) is 4.35. The van der Waals surface area contributed by atoms with Gasteiger partial charge in [0.2, 0.25) is 0 Å². The zero-order valence-electron chi connectivity index (χ0n) is 9.92. The van der Waals surface area contributed by atoms with E-state index in [0.717, 1.165) is 30.3 Å². The largest absolute Gasteiger partial charge is 0.494 e. The van der Waals surface area contributed by atoms with Gasteiger partial charge in [-0.15, -0.1) is 11.6 Å². The van der Waals surface area contributed by atoms with Crippen molar-refractivity contribution in [3.63, 3.8) is 0 Å². The molecule has 1 fully saturated rings. The highest BCUT2D eigenvalue weighted by molar-refractivity contribution is 6.18. The van der Waals surface area contributed by atoms with Crippen LogP contribution >= 0.6 is 11.6 Å². The second kappa shape index (κ2) is 6.57. The predicted octanol–water partition coefficient (Wildman–Crippen LogP) is 3.85. The van der Waals surface area contributed by atoms with Crippen molar-refractivity contribution in [1.82, 2.24) is 0 Å². The molecule has 0 atom stereocenters. The van der Waals surface area contributed by atoms with Crippen LogP contribution in [0.25, 0.3) is 0 Å². The van der Waals surface area contributed by atoms with Crippen LogP contribution in [0.5, 0.6) is 5.75 Å². The molecule has 1 aliphatic carbocycles. The van der Waals surface area contributed by atoms with Gasteiger partial charge in [-0.2, -0.15) is 0 Å². The fraction of sp³-hybridized carbons (Fsp3) is 0.467. The molecule has 0 spiro atoms. The molecule has 0 aliphatic heterocycles. The lowest BCUT2D eigenvalue weighted by molar-refractivity contribution is 0.302. The van der Waals surface area contributed by atoms with Gasteiger partial charge in [-0.05, 0) is 36.6 Å². The minimum absolute atomic E-state index is 0.593. The van der Waals surface area contributed by atoms with E-state index in [2.05, 4.69) is 11.8 Å². The molecule has 17 heavy (non-hydrogen) atoms. The molecule has 90 valence electrons. The van der Waals surface area contributed by atoms with Gasteiger partial charge in [0, 0.05) is 17.9 Å². The Bertz CT molecular complexity index is 395. The molecule has 0 amide bonds. The van der Waals surface area contributed by atoms with E-state index in [1.165, 1.54) is 19.3 Å². The quantitative estimate of drug-likeness (QED) is 0.568. The highest BCUT2D eigenvalue weighted by atomic mass is 35.5. The number of hydrogen-bond acceptors (Lipinski definition) is 1. The van der Waals surface area contributed by atoms with Crippen LogP contribution in [0.15, 0.2) is 24.3 Å². The topological polar surface area (TPSA) is 9.23 Å². The summed E-state index contributed by atoms with van der Waals surface area (Å²) in [4.78, 5) is 0. The Morgan fingerprint density at radius 3 is 2.65 bits per heavy atom. The van der Waals surface area contributed by atoms with Crippen molar-refractivity contribution in [3.05, 3.63) is 29.8 Å². The summed E-state index contributed by atoms with van der Waals surface area (Å²) in [5.41, 5.74) is 1.02. The summed E-state index contributed by atoms with van der Waals surface area (Å²) >= 11 is 5.56. The van der Waals surface area contributed by atoms with Crippen molar-refractivity contribution in [1.29, 1.82) is 0 Å². The van der Waals surface area contributed by atoms with Gasteiger partial charge in [-0.3, -0.25) is 0 Å². The first kappa shape index (κ1) is 12.3. The van der Waals surface area contributed by atoms with Crippen molar-refractivity contribution in [2.45, 2.75) is 25.7 Å². The van der Waals surface area contributed by atoms with E-state index >= 15 is 0 Å². The molecule has 0 heterocycles. The third kappa shape index (κ3) is 4.71. The molecule has 0 radical (unpaired) electrons. The lowest BCUT2D eigenvalue weighted by atomic mass is 10.2. The van der Waals surface area contributed by atoms with E-state index in [9.17, 15) is 0 Å². The minimum Gasteiger partial charge on any atom is -0.494 e. The Hall–Kier alpha value is -1.13. The van der Waals surface area contributed by atoms with E-state index in [1.54, 1.807) is 0 Å². The molecule has 1 aliphatic rings. The monoisotopic (exact) mass is 248 g/mol. The van der Waals surface area contributed by atoms with Crippen LogP contribution in [0.2, 0.25) is 0 Å². The van der Waals surface area contributed by atoms with E-state index in [4.69, 9.17) is 16.3 Å². The summed E-state index contributed by atoms with van der Waals surface area (Å²) in [6.45, 7) is 0.835. The summed E-state index contributed by atoms with van der Waals surface area (Å²) in [7, 11) is 0. The normalized spacial score (nSPS) is 13.9. The number of benzene rings is 1. The maximum atomic E-state index is 5.67. The van der Waals surface area contributed by atoms with Crippen LogP contribution in [-0.4, -0.2) is 12.5 Å². The molecule has 1 aromatic carbocycles. The Kier molecular flexibility index (Phi) is 4.76. The van der Waals surface area contributed by atoms with Crippen molar-refractivity contribution in [2.24, 2.45) is 5.92 Å². The molecule has 2 heteroatoms. The molecular formula is C15H17ClO. The van der Waals surface area contributed by atoms with Gasteiger partial charge < -0.3 is 4.74 Å². The Morgan fingerprint density at radius 2 is 2.00 bits per heavy atom. The van der Waals surface area contributed by atoms with Gasteiger partial charge in [0.25, 0.3) is 0 Å². The zero-order chi connectivity index (χ0) is 11.9. The summed E-state index contributed by atoms with van der Waals surface area (Å²) in [6.07, 6.45) is 4.70. The Morgan fingerprint density at radius 1 is 1.24 bits per heavy atom. The number of halogens is 1. The highest BCUT2D eigenvalue weighted by Crippen LogP contribution is 2.32. The number of ether oxygens (including phenoxy) is 1. The molecule has 2 rings (SSSR count). The van der Waals surface area contributed by atoms with Gasteiger partial charge in [-0.25, -0.2) is 0 Å². The SMILES string of the molecule is ClCCC#Cc1ccc(OCCC2CC2)cc1. The number of alkyl halides is 1. The molecule has 0 unspecified atom stereocenters. The first-order valence-corrected chi connectivity index (χ1v) is 6.69. The third-order valence-electron chi connectivity index (χ3n) is 2.80. The molecule has 0 bridgehead atoms. The summed E-state index contributed by atoms with van der Waals surface area (Å²) in [6, 6.07) is 7.95. The lowest BCUT2D eigenvalue weighted by Crippen LogP contribution is -1.97. The Labute approximate surface area is 108 Å². The van der Waals surface area contributed by atoms with E-state index in [-0.39, 0.29) is 0 Å². The number of rotatable bonds is 5. The van der Waals surface area contributed by atoms with Crippen LogP contribution in [0.3, 0.4) is 0 Å². The molecule has 0 N–H and O–H groups in total. The van der Waals surface area contributed by atoms with Crippen LogP contribution in [0.1, 0.15) is 31.2 Å². The van der Waals surface area contributed by atoms with E-state index in [0.29, 0.717) is 5.88 Å². The fourth-order valence-electron chi connectivity index (χ4n) is 1.60. The van der Waals surface area contributed by atoms with Crippen LogP contribution < -0.4 is 4.74 Å². The maximum absolute atomic E-state index is 5.67. The summed E-state index contributed by atoms with van der Waals surface area (Å²) in [5.74, 6) is 8.54. The molecular weight excluding hydrogens is 232 g/mol. The predicted molar refractivity (Wildman–Crippen MR) is 71.5 cm³/mol. The minimum atomic E-state index is 0.593. The fourth-order valence-corrected chi connectivity index (χ4v) is 1.69. The molecule has 0 saturated heterocycles. The molecule has 1 nitrogen and oxygen atoms in total. The van der Waals surface area contributed by atoms with Gasteiger partial charge in [0.05, 0.1) is 6.61 Å². The zero-order valence-corrected chi connectivity index (χ0v) is 10.7. The van der Waals surface area contributed by atoms with Gasteiger partial charge in [0.15, 0.2) is 0 Å². The standard InChI is InChI=1S/C15H17ClO/c16-11-2-1-3-13-6-8-15(9-7-13)17-12-10-14-4-5-14/h6-9,14H,2,4-5,10-12H2. The van der Waals surface area contributed by atoms with Crippen molar-refractivity contribution in [3.8, 4) is 17.6 Å². The second-order valence-corrected chi connectivity index (χ2v) is 4.72. The first-order chi connectivity index (χ1) is 8.38. The molecule has 0 aromatic heterocycles. The van der Waals surface area contributed by atoms with Crippen LogP contribution in [0.4, 0.5) is 0 Å². The average molecular weight is 249 g/mol. The van der Waals surface area contributed by atoms with Crippen molar-refractivity contribution >= 4 is 11.6 Å². The summed E-state index contributed by atoms with van der Waals surface area (Å²) in [5, 5.41) is 0. The van der Waals surface area contributed by atoms with Crippen LogP contribution in [-0.2, 0) is 0 Å². The average Bonchev–Trinajstić information content (AvgIpc) is 3.16. The maximum Gasteiger partial charge on any atom is 0.119 e. The first-order valence-electron chi connectivity index (χ1n) is 6.16. The highest BCUT2D eigenvalue weighted by Gasteiger charge is 2.20.